The van der Waals surface area contributed by atoms with Gasteiger partial charge in [0.25, 0.3) is 11.8 Å². The molecule has 0 radical (unpaired) electrons. The summed E-state index contributed by atoms with van der Waals surface area (Å²) >= 11 is 1.07. The lowest BCUT2D eigenvalue weighted by Gasteiger charge is -2.31. The molecule has 3 rings (SSSR count). The normalized spacial score (nSPS) is 13.9. The number of aryl methyl sites for hydroxylation is 1. The number of hydrogen-bond donors (Lipinski definition) is 1. The minimum absolute atomic E-state index is 0.201. The van der Waals surface area contributed by atoms with Gasteiger partial charge in [-0.1, -0.05) is 0 Å². The van der Waals surface area contributed by atoms with Crippen molar-refractivity contribution >= 4 is 40.1 Å². The standard InChI is InChI=1S/C23H24F2N2O6S/c1-3-32-23(31)20-13(2)10-19(34-20)26-18(28)12-33-22(30)14-6-8-27(9-7-14)21(29)16-5-4-15(24)11-17(16)25/h4-5,10-11,14H,3,6-9,12H2,1-2H3,(H,26,28). The van der Waals surface area contributed by atoms with Crippen molar-refractivity contribution in [2.75, 3.05) is 31.6 Å². The number of ether oxygens (including phenoxy) is 2. The van der Waals surface area contributed by atoms with E-state index in [1.807, 2.05) is 0 Å². The van der Waals surface area contributed by atoms with Crippen LogP contribution in [-0.4, -0.2) is 55.0 Å². The summed E-state index contributed by atoms with van der Waals surface area (Å²) < 4.78 is 37.0. The molecule has 0 aliphatic carbocycles. The quantitative estimate of drug-likeness (QED) is 0.591. The molecule has 0 atom stereocenters. The number of likely N-dealkylation sites (tertiary alicyclic amines) is 1. The average Bonchev–Trinajstić information content (AvgIpc) is 3.17. The van der Waals surface area contributed by atoms with Crippen molar-refractivity contribution in [3.05, 3.63) is 51.9 Å². The van der Waals surface area contributed by atoms with Gasteiger partial charge in [0, 0.05) is 19.2 Å². The Morgan fingerprint density at radius 3 is 2.47 bits per heavy atom. The van der Waals surface area contributed by atoms with Crippen LogP contribution in [0.1, 0.15) is 45.4 Å². The van der Waals surface area contributed by atoms with Gasteiger partial charge in [-0.3, -0.25) is 14.4 Å². The summed E-state index contributed by atoms with van der Waals surface area (Å²) in [5, 5.41) is 3.02. The number of carbonyl (C=O) groups excluding carboxylic acids is 4. The lowest BCUT2D eigenvalue weighted by atomic mass is 9.96. The first kappa shape index (κ1) is 25.3. The van der Waals surface area contributed by atoms with Crippen LogP contribution in [0.4, 0.5) is 13.8 Å². The van der Waals surface area contributed by atoms with Gasteiger partial charge in [-0.2, -0.15) is 0 Å². The molecular formula is C23H24F2N2O6S. The second-order valence-electron chi connectivity index (χ2n) is 7.69. The maximum Gasteiger partial charge on any atom is 0.348 e. The summed E-state index contributed by atoms with van der Waals surface area (Å²) in [6, 6.07) is 4.39. The van der Waals surface area contributed by atoms with E-state index in [2.05, 4.69) is 5.32 Å². The second kappa shape index (κ2) is 11.2. The second-order valence-corrected chi connectivity index (χ2v) is 8.74. The number of hydrogen-bond acceptors (Lipinski definition) is 7. The number of halogens is 2. The Morgan fingerprint density at radius 2 is 1.82 bits per heavy atom. The van der Waals surface area contributed by atoms with Gasteiger partial charge in [0.15, 0.2) is 6.61 Å². The van der Waals surface area contributed by atoms with Gasteiger partial charge in [0.05, 0.1) is 23.1 Å². The molecule has 1 saturated heterocycles. The van der Waals surface area contributed by atoms with Crippen molar-refractivity contribution < 1.29 is 37.4 Å². The van der Waals surface area contributed by atoms with E-state index in [-0.39, 0.29) is 25.3 Å². The third-order valence-corrected chi connectivity index (χ3v) is 6.40. The molecular weight excluding hydrogens is 470 g/mol. The Labute approximate surface area is 198 Å². The summed E-state index contributed by atoms with van der Waals surface area (Å²) in [5.41, 5.74) is 0.437. The molecule has 11 heteroatoms. The molecule has 0 unspecified atom stereocenters. The Kier molecular flexibility index (Phi) is 8.32. The molecule has 0 saturated carbocycles. The number of carbonyl (C=O) groups is 4. The van der Waals surface area contributed by atoms with Gasteiger partial charge in [-0.15, -0.1) is 11.3 Å². The Morgan fingerprint density at radius 1 is 1.12 bits per heavy atom. The van der Waals surface area contributed by atoms with Crippen molar-refractivity contribution in [1.82, 2.24) is 4.90 Å². The van der Waals surface area contributed by atoms with Crippen LogP contribution in [0.5, 0.6) is 0 Å². The predicted octanol–water partition coefficient (Wildman–Crippen LogP) is 3.55. The monoisotopic (exact) mass is 494 g/mol. The number of nitrogens with zero attached hydrogens (tertiary/aromatic N) is 1. The Hall–Kier alpha value is -3.34. The molecule has 0 bridgehead atoms. The zero-order valence-electron chi connectivity index (χ0n) is 18.7. The number of benzene rings is 1. The minimum atomic E-state index is -0.937. The fourth-order valence-electron chi connectivity index (χ4n) is 3.52. The van der Waals surface area contributed by atoms with E-state index in [4.69, 9.17) is 9.47 Å². The molecule has 34 heavy (non-hydrogen) atoms. The van der Waals surface area contributed by atoms with Crippen molar-refractivity contribution in [3.63, 3.8) is 0 Å². The molecule has 1 N–H and O–H groups in total. The molecule has 2 heterocycles. The number of amides is 2. The molecule has 0 spiro atoms. The van der Waals surface area contributed by atoms with E-state index in [0.29, 0.717) is 34.3 Å². The number of rotatable bonds is 7. The van der Waals surface area contributed by atoms with E-state index in [9.17, 15) is 28.0 Å². The summed E-state index contributed by atoms with van der Waals surface area (Å²) in [7, 11) is 0. The lowest BCUT2D eigenvalue weighted by Crippen LogP contribution is -2.41. The van der Waals surface area contributed by atoms with Crippen LogP contribution in [0, 0.1) is 24.5 Å². The molecule has 1 fully saturated rings. The zero-order valence-corrected chi connectivity index (χ0v) is 19.5. The topological polar surface area (TPSA) is 102 Å². The van der Waals surface area contributed by atoms with Crippen LogP contribution in [0.15, 0.2) is 24.3 Å². The number of nitrogens with one attached hydrogen (secondary N) is 1. The summed E-state index contributed by atoms with van der Waals surface area (Å²) in [6.07, 6.45) is 0.587. The van der Waals surface area contributed by atoms with Gasteiger partial charge in [-0.05, 0) is 50.5 Å². The molecule has 8 nitrogen and oxygen atoms in total. The fourth-order valence-corrected chi connectivity index (χ4v) is 4.51. The summed E-state index contributed by atoms with van der Waals surface area (Å²) in [4.78, 5) is 50.6. The number of anilines is 1. The third-order valence-electron chi connectivity index (χ3n) is 5.26. The molecule has 1 aliphatic rings. The van der Waals surface area contributed by atoms with Crippen LogP contribution < -0.4 is 5.32 Å². The highest BCUT2D eigenvalue weighted by Gasteiger charge is 2.30. The van der Waals surface area contributed by atoms with Gasteiger partial charge in [-0.25, -0.2) is 13.6 Å². The van der Waals surface area contributed by atoms with E-state index < -0.39 is 47.9 Å². The Bertz CT molecular complexity index is 1100. The van der Waals surface area contributed by atoms with Crippen molar-refractivity contribution in [2.45, 2.75) is 26.7 Å². The van der Waals surface area contributed by atoms with E-state index in [0.717, 1.165) is 23.5 Å². The van der Waals surface area contributed by atoms with Gasteiger partial charge in [0.1, 0.15) is 16.5 Å². The average molecular weight is 495 g/mol. The molecule has 182 valence electrons. The molecule has 1 aromatic carbocycles. The maximum absolute atomic E-state index is 13.9. The largest absolute Gasteiger partial charge is 0.462 e. The molecule has 1 aliphatic heterocycles. The fraction of sp³-hybridized carbons (Fsp3) is 0.391. The summed E-state index contributed by atoms with van der Waals surface area (Å²) in [6.45, 7) is 3.57. The number of esters is 2. The van der Waals surface area contributed by atoms with Gasteiger partial charge in [0.2, 0.25) is 0 Å². The smallest absolute Gasteiger partial charge is 0.348 e. The molecule has 2 aromatic rings. The first-order chi connectivity index (χ1) is 16.2. The lowest BCUT2D eigenvalue weighted by molar-refractivity contribution is -0.152. The van der Waals surface area contributed by atoms with Crippen molar-refractivity contribution in [1.29, 1.82) is 0 Å². The van der Waals surface area contributed by atoms with Crippen LogP contribution in [0.25, 0.3) is 0 Å². The van der Waals surface area contributed by atoms with E-state index >= 15 is 0 Å². The first-order valence-corrected chi connectivity index (χ1v) is 11.5. The van der Waals surface area contributed by atoms with Crippen LogP contribution in [-0.2, 0) is 19.1 Å². The maximum atomic E-state index is 13.9. The van der Waals surface area contributed by atoms with Gasteiger partial charge < -0.3 is 19.7 Å². The van der Waals surface area contributed by atoms with Crippen LogP contribution in [0.2, 0.25) is 0 Å². The predicted molar refractivity (Wildman–Crippen MR) is 120 cm³/mol. The number of piperidine rings is 1. The Balaban J connectivity index is 1.45. The van der Waals surface area contributed by atoms with E-state index in [1.54, 1.807) is 19.9 Å². The van der Waals surface area contributed by atoms with Crippen LogP contribution in [0.3, 0.4) is 0 Å². The van der Waals surface area contributed by atoms with Crippen LogP contribution >= 0.6 is 11.3 Å². The first-order valence-electron chi connectivity index (χ1n) is 10.7. The van der Waals surface area contributed by atoms with Crippen molar-refractivity contribution in [3.8, 4) is 0 Å². The highest BCUT2D eigenvalue weighted by molar-refractivity contribution is 7.18. The molecule has 1 aromatic heterocycles. The van der Waals surface area contributed by atoms with Crippen molar-refractivity contribution in [2.24, 2.45) is 5.92 Å². The minimum Gasteiger partial charge on any atom is -0.462 e. The van der Waals surface area contributed by atoms with E-state index in [1.165, 1.54) is 4.90 Å². The highest BCUT2D eigenvalue weighted by atomic mass is 32.1. The number of thiophene rings is 1. The molecule has 2 amide bonds. The van der Waals surface area contributed by atoms with Gasteiger partial charge >= 0.3 is 11.9 Å². The third kappa shape index (κ3) is 6.16. The highest BCUT2D eigenvalue weighted by Crippen LogP contribution is 2.27. The zero-order chi connectivity index (χ0) is 24.8. The SMILES string of the molecule is CCOC(=O)c1sc(NC(=O)COC(=O)C2CCN(C(=O)c3ccc(F)cc3F)CC2)cc1C. The summed E-state index contributed by atoms with van der Waals surface area (Å²) in [5.74, 6) is -4.37.